The first kappa shape index (κ1) is 12.3. The lowest BCUT2D eigenvalue weighted by Crippen LogP contribution is -2.29. The summed E-state index contributed by atoms with van der Waals surface area (Å²) in [6.07, 6.45) is 0. The zero-order valence-corrected chi connectivity index (χ0v) is 9.01. The van der Waals surface area contributed by atoms with Crippen LogP contribution in [0.3, 0.4) is 0 Å². The molecule has 4 nitrogen and oxygen atoms in total. The number of halogens is 2. The maximum atomic E-state index is 12.8. The van der Waals surface area contributed by atoms with Crippen LogP contribution in [0.15, 0.2) is 18.2 Å². The minimum absolute atomic E-state index is 0.00361. The lowest BCUT2D eigenvalue weighted by Gasteiger charge is -2.06. The molecule has 0 aliphatic carbocycles. The Morgan fingerprint density at radius 2 is 2.31 bits per heavy atom. The molecular formula is C10H9ClFN3O. The molecule has 0 atom stereocenters. The van der Waals surface area contributed by atoms with Crippen LogP contribution in [0.2, 0.25) is 5.02 Å². The molecule has 16 heavy (non-hydrogen) atoms. The predicted molar refractivity (Wildman–Crippen MR) is 58.5 cm³/mol. The maximum absolute atomic E-state index is 12.8. The highest BCUT2D eigenvalue weighted by atomic mass is 35.5. The smallest absolute Gasteiger partial charge is 0.240 e. The lowest BCUT2D eigenvalue weighted by molar-refractivity contribution is -0.119. The molecule has 0 unspecified atom stereocenters. The van der Waals surface area contributed by atoms with Gasteiger partial charge in [0, 0.05) is 5.69 Å². The third-order valence-electron chi connectivity index (χ3n) is 1.74. The number of amides is 1. The van der Waals surface area contributed by atoms with Crippen molar-refractivity contribution in [2.24, 2.45) is 0 Å². The Balaban J connectivity index is 2.46. The van der Waals surface area contributed by atoms with Crippen LogP contribution in [0.1, 0.15) is 0 Å². The molecule has 0 aliphatic heterocycles. The Hall–Kier alpha value is -1.80. The van der Waals surface area contributed by atoms with Crippen molar-refractivity contribution in [3.05, 3.63) is 29.0 Å². The van der Waals surface area contributed by atoms with Crippen molar-refractivity contribution in [2.75, 3.05) is 18.4 Å². The number of benzene rings is 1. The van der Waals surface area contributed by atoms with E-state index in [1.807, 2.05) is 0 Å². The Morgan fingerprint density at radius 1 is 1.56 bits per heavy atom. The minimum atomic E-state index is -0.513. The van der Waals surface area contributed by atoms with Crippen LogP contribution in [0.4, 0.5) is 10.1 Å². The van der Waals surface area contributed by atoms with Gasteiger partial charge in [-0.05, 0) is 18.2 Å². The van der Waals surface area contributed by atoms with Crippen LogP contribution in [0.5, 0.6) is 0 Å². The number of nitrogens with zero attached hydrogens (tertiary/aromatic N) is 1. The number of nitriles is 1. The monoisotopic (exact) mass is 241 g/mol. The van der Waals surface area contributed by atoms with Gasteiger partial charge < -0.3 is 10.6 Å². The Morgan fingerprint density at radius 3 is 2.94 bits per heavy atom. The highest BCUT2D eigenvalue weighted by Gasteiger charge is 2.02. The fraction of sp³-hybridized carbons (Fsp3) is 0.200. The van der Waals surface area contributed by atoms with Gasteiger partial charge in [-0.25, -0.2) is 4.39 Å². The standard InChI is InChI=1S/C10H9ClFN3O/c11-8-5-7(1-2-9(8)12)15-6-10(16)14-4-3-13/h1-2,5,15H,4,6H2,(H,14,16). The highest BCUT2D eigenvalue weighted by Crippen LogP contribution is 2.18. The van der Waals surface area contributed by atoms with E-state index >= 15 is 0 Å². The zero-order chi connectivity index (χ0) is 12.0. The van der Waals surface area contributed by atoms with Crippen LogP contribution in [0, 0.1) is 17.1 Å². The molecule has 2 N–H and O–H groups in total. The summed E-state index contributed by atoms with van der Waals surface area (Å²) in [4.78, 5) is 11.1. The summed E-state index contributed by atoms with van der Waals surface area (Å²) in [5, 5.41) is 13.3. The fourth-order valence-electron chi connectivity index (χ4n) is 0.989. The number of hydrogen-bond donors (Lipinski definition) is 2. The second-order valence-electron chi connectivity index (χ2n) is 2.92. The van der Waals surface area contributed by atoms with E-state index in [0.717, 1.165) is 0 Å². The van der Waals surface area contributed by atoms with E-state index in [1.54, 1.807) is 6.07 Å². The van der Waals surface area contributed by atoms with Crippen molar-refractivity contribution < 1.29 is 9.18 Å². The van der Waals surface area contributed by atoms with E-state index in [4.69, 9.17) is 16.9 Å². The van der Waals surface area contributed by atoms with E-state index in [2.05, 4.69) is 10.6 Å². The van der Waals surface area contributed by atoms with Crippen LogP contribution in [-0.2, 0) is 4.79 Å². The Bertz CT molecular complexity index is 431. The lowest BCUT2D eigenvalue weighted by atomic mass is 10.3. The molecule has 84 valence electrons. The van der Waals surface area contributed by atoms with Crippen molar-refractivity contribution in [3.63, 3.8) is 0 Å². The number of rotatable bonds is 4. The topological polar surface area (TPSA) is 64.9 Å². The van der Waals surface area contributed by atoms with Crippen molar-refractivity contribution >= 4 is 23.2 Å². The highest BCUT2D eigenvalue weighted by molar-refractivity contribution is 6.31. The van der Waals surface area contributed by atoms with E-state index in [1.165, 1.54) is 18.2 Å². The van der Waals surface area contributed by atoms with Gasteiger partial charge in [-0.1, -0.05) is 11.6 Å². The number of carbonyl (C=O) groups is 1. The Labute approximate surface area is 97.0 Å². The molecule has 0 bridgehead atoms. The van der Waals surface area contributed by atoms with Crippen molar-refractivity contribution in [3.8, 4) is 6.07 Å². The van der Waals surface area contributed by atoms with E-state index in [0.29, 0.717) is 5.69 Å². The first-order valence-corrected chi connectivity index (χ1v) is 4.84. The van der Waals surface area contributed by atoms with Gasteiger partial charge >= 0.3 is 0 Å². The molecular weight excluding hydrogens is 233 g/mol. The molecule has 0 fully saturated rings. The molecule has 0 spiro atoms. The third kappa shape index (κ3) is 3.75. The number of hydrogen-bond acceptors (Lipinski definition) is 3. The van der Waals surface area contributed by atoms with Crippen LogP contribution < -0.4 is 10.6 Å². The summed E-state index contributed by atoms with van der Waals surface area (Å²) in [6, 6.07) is 5.84. The zero-order valence-electron chi connectivity index (χ0n) is 8.26. The summed E-state index contributed by atoms with van der Waals surface area (Å²) >= 11 is 5.55. The van der Waals surface area contributed by atoms with Crippen LogP contribution in [0.25, 0.3) is 0 Å². The molecule has 6 heteroatoms. The molecule has 0 aromatic heterocycles. The van der Waals surface area contributed by atoms with Gasteiger partial charge in [0.25, 0.3) is 0 Å². The predicted octanol–water partition coefficient (Wildman–Crippen LogP) is 1.53. The summed E-state index contributed by atoms with van der Waals surface area (Å²) in [5.41, 5.74) is 0.540. The van der Waals surface area contributed by atoms with Gasteiger partial charge in [0.15, 0.2) is 0 Å². The molecule has 0 saturated carbocycles. The minimum Gasteiger partial charge on any atom is -0.376 e. The van der Waals surface area contributed by atoms with Crippen molar-refractivity contribution in [1.29, 1.82) is 5.26 Å². The van der Waals surface area contributed by atoms with Crippen LogP contribution in [-0.4, -0.2) is 19.0 Å². The molecule has 0 heterocycles. The molecule has 1 rings (SSSR count). The average Bonchev–Trinajstić information content (AvgIpc) is 2.28. The molecule has 1 amide bonds. The fourth-order valence-corrected chi connectivity index (χ4v) is 1.17. The van der Waals surface area contributed by atoms with Gasteiger partial charge in [-0.3, -0.25) is 4.79 Å². The molecule has 1 aromatic carbocycles. The van der Waals surface area contributed by atoms with Gasteiger partial charge in [-0.15, -0.1) is 0 Å². The molecule has 0 radical (unpaired) electrons. The first-order chi connectivity index (χ1) is 7.63. The van der Waals surface area contributed by atoms with Gasteiger partial charge in [0.05, 0.1) is 17.6 Å². The Kier molecular flexibility index (Phi) is 4.55. The third-order valence-corrected chi connectivity index (χ3v) is 2.03. The first-order valence-electron chi connectivity index (χ1n) is 4.46. The second kappa shape index (κ2) is 5.93. The van der Waals surface area contributed by atoms with Crippen molar-refractivity contribution in [1.82, 2.24) is 5.32 Å². The number of nitrogens with one attached hydrogen (secondary N) is 2. The quantitative estimate of drug-likeness (QED) is 0.786. The van der Waals surface area contributed by atoms with Gasteiger partial charge in [0.1, 0.15) is 12.4 Å². The largest absolute Gasteiger partial charge is 0.376 e. The van der Waals surface area contributed by atoms with E-state index in [9.17, 15) is 9.18 Å². The van der Waals surface area contributed by atoms with Crippen molar-refractivity contribution in [2.45, 2.75) is 0 Å². The average molecular weight is 242 g/mol. The number of anilines is 1. The summed E-state index contributed by atoms with van der Waals surface area (Å²) in [7, 11) is 0. The van der Waals surface area contributed by atoms with E-state index in [-0.39, 0.29) is 24.0 Å². The SMILES string of the molecule is N#CCNC(=O)CNc1ccc(F)c(Cl)c1. The molecule has 0 saturated heterocycles. The maximum Gasteiger partial charge on any atom is 0.240 e. The summed E-state index contributed by atoms with van der Waals surface area (Å²) in [5.74, 6) is -0.830. The van der Waals surface area contributed by atoms with E-state index < -0.39 is 5.82 Å². The van der Waals surface area contributed by atoms with Gasteiger partial charge in [-0.2, -0.15) is 5.26 Å². The second-order valence-corrected chi connectivity index (χ2v) is 3.32. The normalized spacial score (nSPS) is 9.31. The van der Waals surface area contributed by atoms with Crippen LogP contribution >= 0.6 is 11.6 Å². The summed E-state index contributed by atoms with van der Waals surface area (Å²) < 4.78 is 12.8. The summed E-state index contributed by atoms with van der Waals surface area (Å²) in [6.45, 7) is -0.0334. The van der Waals surface area contributed by atoms with Gasteiger partial charge in [0.2, 0.25) is 5.91 Å². The number of carbonyl (C=O) groups excluding carboxylic acids is 1. The molecule has 0 aliphatic rings. The molecule has 1 aromatic rings.